The summed E-state index contributed by atoms with van der Waals surface area (Å²) in [5.41, 5.74) is -0.473. The number of fused-ring (bicyclic) bond motifs is 1. The summed E-state index contributed by atoms with van der Waals surface area (Å²) in [5, 5.41) is 5.61. The second kappa shape index (κ2) is 10.5. The highest BCUT2D eigenvalue weighted by molar-refractivity contribution is 9.10. The molecule has 0 bridgehead atoms. The van der Waals surface area contributed by atoms with E-state index < -0.39 is 62.0 Å². The van der Waals surface area contributed by atoms with Crippen molar-refractivity contribution in [3.05, 3.63) is 58.1 Å². The molecule has 3 aromatic rings. The maximum atomic E-state index is 14.4. The molecule has 16 heteroatoms. The average molecular weight is 649 g/mol. The van der Waals surface area contributed by atoms with Crippen LogP contribution in [-0.4, -0.2) is 48.0 Å². The van der Waals surface area contributed by atoms with Crippen LogP contribution in [-0.2, 0) is 32.1 Å². The van der Waals surface area contributed by atoms with Gasteiger partial charge in [0, 0.05) is 5.56 Å². The summed E-state index contributed by atoms with van der Waals surface area (Å²) in [6.07, 6.45) is -5.84. The molecule has 2 heterocycles. The van der Waals surface area contributed by atoms with Gasteiger partial charge >= 0.3 is 18.2 Å². The molecule has 0 saturated heterocycles. The molecule has 0 aliphatic carbocycles. The third kappa shape index (κ3) is 6.43. The lowest BCUT2D eigenvalue weighted by Crippen LogP contribution is -2.51. The molecule has 4 rings (SSSR count). The minimum atomic E-state index is -4.82. The van der Waals surface area contributed by atoms with Gasteiger partial charge in [-0.3, -0.25) is 4.79 Å². The molecule has 2 amide bonds. The monoisotopic (exact) mass is 648 g/mol. The van der Waals surface area contributed by atoms with E-state index in [1.807, 2.05) is 0 Å². The molecular weight excluding hydrogens is 628 g/mol. The maximum Gasteiger partial charge on any atom is 0.471 e. The minimum Gasteiger partial charge on any atom is -0.444 e. The van der Waals surface area contributed by atoms with Crippen LogP contribution in [0.5, 0.6) is 0 Å². The number of ether oxygens (including phenoxy) is 1. The largest absolute Gasteiger partial charge is 0.471 e. The third-order valence-electron chi connectivity index (χ3n) is 5.49. The Labute approximate surface area is 233 Å². The van der Waals surface area contributed by atoms with E-state index in [-0.39, 0.29) is 28.1 Å². The van der Waals surface area contributed by atoms with Crippen molar-refractivity contribution in [3.8, 4) is 11.4 Å². The number of alkyl carbamates (subject to hydrolysis) is 1. The molecule has 1 aliphatic rings. The van der Waals surface area contributed by atoms with Crippen molar-refractivity contribution in [2.75, 3.05) is 10.7 Å². The summed E-state index contributed by atoms with van der Waals surface area (Å²) in [6, 6.07) is 6.04. The standard InChI is InChI=1S/C24H21BrF4N4O6S/c1-23(2,3)38-22(35)30-16-11-40(36,37)18-9-15(26)14(25)8-17(18)33(20(16)34)10-12-4-6-13(7-5-12)19-31-21(39-32-19)24(27,28)29/h4-9,16H,10-11H2,1-3H3,(H,30,35)/t16-/m0/s1. The van der Waals surface area contributed by atoms with Crippen LogP contribution in [0.3, 0.4) is 0 Å². The van der Waals surface area contributed by atoms with Gasteiger partial charge in [0.1, 0.15) is 17.5 Å². The molecule has 10 nitrogen and oxygen atoms in total. The Balaban J connectivity index is 1.70. The van der Waals surface area contributed by atoms with E-state index in [1.165, 1.54) is 24.3 Å². The smallest absolute Gasteiger partial charge is 0.444 e. The number of hydrogen-bond donors (Lipinski definition) is 1. The number of benzene rings is 2. The Bertz CT molecular complexity index is 1570. The number of aromatic nitrogens is 2. The van der Waals surface area contributed by atoms with E-state index >= 15 is 0 Å². The first-order chi connectivity index (χ1) is 18.4. The van der Waals surface area contributed by atoms with Gasteiger partial charge in [0.15, 0.2) is 9.84 Å². The van der Waals surface area contributed by atoms with Crippen LogP contribution in [0.4, 0.5) is 28.0 Å². The van der Waals surface area contributed by atoms with Gasteiger partial charge in [0.25, 0.3) is 5.91 Å². The summed E-state index contributed by atoms with van der Waals surface area (Å²) >= 11 is 3.01. The first kappa shape index (κ1) is 29.5. The van der Waals surface area contributed by atoms with Crippen molar-refractivity contribution < 1.29 is 44.8 Å². The van der Waals surface area contributed by atoms with E-state index in [0.29, 0.717) is 5.56 Å². The van der Waals surface area contributed by atoms with Gasteiger partial charge in [-0.2, -0.15) is 18.2 Å². The van der Waals surface area contributed by atoms with Crippen LogP contribution in [0.15, 0.2) is 50.3 Å². The fraction of sp³-hybridized carbons (Fsp3) is 0.333. The molecule has 1 N–H and O–H groups in total. The highest BCUT2D eigenvalue weighted by Crippen LogP contribution is 2.36. The van der Waals surface area contributed by atoms with Crippen LogP contribution in [0.25, 0.3) is 11.4 Å². The Morgan fingerprint density at radius 1 is 1.20 bits per heavy atom. The second-order valence-electron chi connectivity index (χ2n) is 9.76. The van der Waals surface area contributed by atoms with Crippen LogP contribution in [0.2, 0.25) is 0 Å². The third-order valence-corrected chi connectivity index (χ3v) is 7.87. The van der Waals surface area contributed by atoms with Crippen molar-refractivity contribution in [1.29, 1.82) is 0 Å². The topological polar surface area (TPSA) is 132 Å². The molecular formula is C24H21BrF4N4O6S. The number of halogens is 5. The highest BCUT2D eigenvalue weighted by atomic mass is 79.9. The van der Waals surface area contributed by atoms with Gasteiger partial charge in [-0.25, -0.2) is 17.6 Å². The van der Waals surface area contributed by atoms with Gasteiger partial charge in [-0.1, -0.05) is 29.4 Å². The fourth-order valence-electron chi connectivity index (χ4n) is 3.78. The number of rotatable bonds is 4. The van der Waals surface area contributed by atoms with Crippen LogP contribution in [0, 0.1) is 5.82 Å². The number of alkyl halides is 3. The number of sulfone groups is 1. The SMILES string of the molecule is CC(C)(C)OC(=O)N[C@H]1CS(=O)(=O)c2cc(F)c(Br)cc2N(Cc2ccc(-c3noc(C(F)(F)F)n3)cc2)C1=O. The zero-order chi connectivity index (χ0) is 29.6. The zero-order valence-corrected chi connectivity index (χ0v) is 23.4. The number of anilines is 1. The van der Waals surface area contributed by atoms with E-state index in [4.69, 9.17) is 4.74 Å². The molecule has 0 radical (unpaired) electrons. The summed E-state index contributed by atoms with van der Waals surface area (Å²) in [5.74, 6) is -4.38. The van der Waals surface area contributed by atoms with E-state index in [9.17, 15) is 35.6 Å². The normalized spacial score (nSPS) is 17.2. The number of nitrogens with one attached hydrogen (secondary N) is 1. The van der Waals surface area contributed by atoms with Crippen LogP contribution in [0.1, 0.15) is 32.2 Å². The van der Waals surface area contributed by atoms with Crippen molar-refractivity contribution in [2.24, 2.45) is 0 Å². The molecule has 0 unspecified atom stereocenters. The molecule has 0 spiro atoms. The first-order valence-electron chi connectivity index (χ1n) is 11.5. The number of carbonyl (C=O) groups is 2. The predicted octanol–water partition coefficient (Wildman–Crippen LogP) is 4.87. The molecule has 214 valence electrons. The van der Waals surface area contributed by atoms with Gasteiger partial charge in [-0.15, -0.1) is 0 Å². The Morgan fingerprint density at radius 2 is 1.85 bits per heavy atom. The van der Waals surface area contributed by atoms with Crippen molar-refractivity contribution in [2.45, 2.75) is 50.0 Å². The van der Waals surface area contributed by atoms with E-state index in [1.54, 1.807) is 20.8 Å². The molecule has 2 aromatic carbocycles. The lowest BCUT2D eigenvalue weighted by atomic mass is 10.1. The molecule has 0 saturated carbocycles. The number of amides is 2. The Hall–Kier alpha value is -3.53. The van der Waals surface area contributed by atoms with Crippen LogP contribution >= 0.6 is 15.9 Å². The van der Waals surface area contributed by atoms with E-state index in [0.717, 1.165) is 17.0 Å². The zero-order valence-electron chi connectivity index (χ0n) is 21.0. The lowest BCUT2D eigenvalue weighted by Gasteiger charge is -2.27. The van der Waals surface area contributed by atoms with Gasteiger partial charge in [0.2, 0.25) is 5.82 Å². The number of hydrogen-bond acceptors (Lipinski definition) is 8. The quantitative estimate of drug-likeness (QED) is 0.396. The highest BCUT2D eigenvalue weighted by Gasteiger charge is 2.40. The average Bonchev–Trinajstić information content (AvgIpc) is 3.31. The van der Waals surface area contributed by atoms with Crippen molar-refractivity contribution in [3.63, 3.8) is 0 Å². The second-order valence-corrected chi connectivity index (χ2v) is 12.6. The summed E-state index contributed by atoms with van der Waals surface area (Å²) < 4.78 is 88.5. The first-order valence-corrected chi connectivity index (χ1v) is 13.9. The van der Waals surface area contributed by atoms with Gasteiger partial charge in [0.05, 0.1) is 27.4 Å². The lowest BCUT2D eigenvalue weighted by molar-refractivity contribution is -0.159. The van der Waals surface area contributed by atoms with Gasteiger partial charge in [-0.05, 0) is 54.4 Å². The molecule has 0 fully saturated rings. The summed E-state index contributed by atoms with van der Waals surface area (Å²) in [7, 11) is -4.28. The summed E-state index contributed by atoms with van der Waals surface area (Å²) in [4.78, 5) is 30.0. The van der Waals surface area contributed by atoms with Crippen molar-refractivity contribution in [1.82, 2.24) is 15.5 Å². The molecule has 1 aliphatic heterocycles. The van der Waals surface area contributed by atoms with Gasteiger partial charge < -0.3 is 19.5 Å². The Kier molecular flexibility index (Phi) is 7.70. The van der Waals surface area contributed by atoms with Crippen LogP contribution < -0.4 is 10.2 Å². The molecule has 1 aromatic heterocycles. The van der Waals surface area contributed by atoms with Crippen molar-refractivity contribution >= 4 is 43.5 Å². The fourth-order valence-corrected chi connectivity index (χ4v) is 5.73. The molecule has 40 heavy (non-hydrogen) atoms. The maximum absolute atomic E-state index is 14.4. The van der Waals surface area contributed by atoms with E-state index in [2.05, 4.69) is 35.9 Å². The Morgan fingerprint density at radius 3 is 2.42 bits per heavy atom. The molecule has 1 atom stereocenters. The summed E-state index contributed by atoms with van der Waals surface area (Å²) in [6.45, 7) is 4.51. The number of nitrogens with zero attached hydrogens (tertiary/aromatic N) is 3. The number of carbonyl (C=O) groups excluding carboxylic acids is 2. The predicted molar refractivity (Wildman–Crippen MR) is 135 cm³/mol. The minimum absolute atomic E-state index is 0.106.